The third-order valence-corrected chi connectivity index (χ3v) is 4.28. The molecule has 0 spiro atoms. The first-order valence-corrected chi connectivity index (χ1v) is 7.85. The fourth-order valence-corrected chi connectivity index (χ4v) is 2.44. The Balaban J connectivity index is 3.03. The van der Waals surface area contributed by atoms with Crippen LogP contribution in [0.25, 0.3) is 0 Å². The number of benzene rings is 1. The zero-order chi connectivity index (χ0) is 16.0. The maximum Gasteiger partial charge on any atom is 0.283 e. The molecule has 1 unspecified atom stereocenters. The van der Waals surface area contributed by atoms with Crippen LogP contribution in [0.4, 0.5) is 5.69 Å². The lowest BCUT2D eigenvalue weighted by Crippen LogP contribution is -2.46. The van der Waals surface area contributed by atoms with E-state index >= 15 is 0 Å². The van der Waals surface area contributed by atoms with E-state index < -0.39 is 10.5 Å². The molecule has 1 aromatic carbocycles. The van der Waals surface area contributed by atoms with Gasteiger partial charge in [-0.1, -0.05) is 6.92 Å². The van der Waals surface area contributed by atoms with E-state index in [1.54, 1.807) is 18.4 Å². The molecule has 0 aromatic heterocycles. The van der Waals surface area contributed by atoms with Gasteiger partial charge in [0.1, 0.15) is 0 Å². The van der Waals surface area contributed by atoms with Gasteiger partial charge in [0.2, 0.25) is 0 Å². The Morgan fingerprint density at radius 1 is 1.52 bits per heavy atom. The first-order chi connectivity index (χ1) is 9.86. The Hall–Kier alpha value is -1.60. The lowest BCUT2D eigenvalue weighted by atomic mass is 9.94. The number of carbonyl (C=O) groups is 1. The molecule has 0 saturated carbocycles. The topological polar surface area (TPSA) is 92.5 Å². The van der Waals surface area contributed by atoms with Crippen LogP contribution >= 0.6 is 11.8 Å². The van der Waals surface area contributed by atoms with E-state index in [9.17, 15) is 14.9 Å². The predicted octanol–water partition coefficient (Wildman–Crippen LogP) is 2.60. The minimum Gasteiger partial charge on any atom is -0.396 e. The zero-order valence-electron chi connectivity index (χ0n) is 12.4. The van der Waals surface area contributed by atoms with Crippen molar-refractivity contribution >= 4 is 23.4 Å². The number of rotatable bonds is 7. The summed E-state index contributed by atoms with van der Waals surface area (Å²) in [6.07, 6.45) is 2.84. The van der Waals surface area contributed by atoms with Crippen molar-refractivity contribution in [2.45, 2.75) is 37.1 Å². The van der Waals surface area contributed by atoms with Crippen molar-refractivity contribution in [3.05, 3.63) is 33.9 Å². The van der Waals surface area contributed by atoms with E-state index in [0.29, 0.717) is 17.7 Å². The molecule has 0 heterocycles. The fourth-order valence-electron chi connectivity index (χ4n) is 1.89. The van der Waals surface area contributed by atoms with Crippen molar-refractivity contribution in [2.75, 3.05) is 12.9 Å². The van der Waals surface area contributed by atoms with Crippen LogP contribution in [0.2, 0.25) is 0 Å². The van der Waals surface area contributed by atoms with E-state index in [2.05, 4.69) is 5.32 Å². The average Bonchev–Trinajstić information content (AvgIpc) is 2.46. The van der Waals surface area contributed by atoms with E-state index in [1.165, 1.54) is 17.8 Å². The Morgan fingerprint density at radius 2 is 2.19 bits per heavy atom. The molecule has 0 radical (unpaired) electrons. The SMILES string of the molecule is CCC(C)(CCO)NC(=O)c1ccc(SC)c([N+](=O)[O-])c1. The Labute approximate surface area is 128 Å². The van der Waals surface area contributed by atoms with Crippen LogP contribution in [0.1, 0.15) is 37.0 Å². The molecule has 0 saturated heterocycles. The average molecular weight is 312 g/mol. The van der Waals surface area contributed by atoms with Gasteiger partial charge in [-0.2, -0.15) is 0 Å². The van der Waals surface area contributed by atoms with Crippen LogP contribution in [-0.2, 0) is 0 Å². The molecule has 1 aromatic rings. The van der Waals surface area contributed by atoms with Crippen LogP contribution in [0, 0.1) is 10.1 Å². The summed E-state index contributed by atoms with van der Waals surface area (Å²) >= 11 is 1.26. The number of hydrogen-bond acceptors (Lipinski definition) is 5. The number of aliphatic hydroxyl groups is 1. The molecule has 0 aliphatic rings. The molecule has 0 bridgehead atoms. The highest BCUT2D eigenvalue weighted by Gasteiger charge is 2.25. The van der Waals surface area contributed by atoms with E-state index in [-0.39, 0.29) is 23.8 Å². The van der Waals surface area contributed by atoms with Gasteiger partial charge in [0.05, 0.1) is 9.82 Å². The molecule has 116 valence electrons. The van der Waals surface area contributed by atoms with Gasteiger partial charge in [0.15, 0.2) is 0 Å². The van der Waals surface area contributed by atoms with Gasteiger partial charge in [0, 0.05) is 23.8 Å². The van der Waals surface area contributed by atoms with Gasteiger partial charge >= 0.3 is 0 Å². The smallest absolute Gasteiger partial charge is 0.283 e. The molecule has 1 rings (SSSR count). The van der Waals surface area contributed by atoms with Crippen molar-refractivity contribution in [2.24, 2.45) is 0 Å². The first kappa shape index (κ1) is 17.5. The van der Waals surface area contributed by atoms with Crippen LogP contribution in [0.15, 0.2) is 23.1 Å². The number of nitro benzene ring substituents is 1. The number of thioether (sulfide) groups is 1. The lowest BCUT2D eigenvalue weighted by molar-refractivity contribution is -0.387. The lowest BCUT2D eigenvalue weighted by Gasteiger charge is -2.29. The standard InChI is InChI=1S/C14H20N2O4S/c1-4-14(2,7-8-17)15-13(18)10-5-6-12(21-3)11(9-10)16(19)20/h5-6,9,17H,4,7-8H2,1-3H3,(H,15,18). The third kappa shape index (κ3) is 4.44. The summed E-state index contributed by atoms with van der Waals surface area (Å²) in [5.74, 6) is -0.372. The van der Waals surface area contributed by atoms with Gasteiger partial charge < -0.3 is 10.4 Å². The maximum atomic E-state index is 12.2. The Bertz CT molecular complexity index is 536. The van der Waals surface area contributed by atoms with Gasteiger partial charge in [-0.3, -0.25) is 14.9 Å². The summed E-state index contributed by atoms with van der Waals surface area (Å²) in [5, 5.41) is 22.9. The van der Waals surface area contributed by atoms with Crippen molar-refractivity contribution in [1.82, 2.24) is 5.32 Å². The monoisotopic (exact) mass is 312 g/mol. The summed E-state index contributed by atoms with van der Waals surface area (Å²) in [6.45, 7) is 3.72. The number of hydrogen-bond donors (Lipinski definition) is 2. The van der Waals surface area contributed by atoms with Crippen LogP contribution in [0.3, 0.4) is 0 Å². The van der Waals surface area contributed by atoms with Gasteiger partial charge in [-0.15, -0.1) is 11.8 Å². The molecule has 1 atom stereocenters. The molecule has 1 amide bonds. The second-order valence-corrected chi connectivity index (χ2v) is 5.83. The second kappa shape index (κ2) is 7.42. The normalized spacial score (nSPS) is 13.5. The number of nitrogens with one attached hydrogen (secondary N) is 1. The van der Waals surface area contributed by atoms with Crippen molar-refractivity contribution in [3.63, 3.8) is 0 Å². The maximum absolute atomic E-state index is 12.2. The predicted molar refractivity (Wildman–Crippen MR) is 82.7 cm³/mol. The molecule has 21 heavy (non-hydrogen) atoms. The highest BCUT2D eigenvalue weighted by atomic mass is 32.2. The summed E-state index contributed by atoms with van der Waals surface area (Å²) in [4.78, 5) is 23.3. The second-order valence-electron chi connectivity index (χ2n) is 4.99. The number of aliphatic hydroxyl groups excluding tert-OH is 1. The third-order valence-electron chi connectivity index (χ3n) is 3.50. The van der Waals surface area contributed by atoms with Crippen LogP contribution in [-0.4, -0.2) is 34.3 Å². The highest BCUT2D eigenvalue weighted by Crippen LogP contribution is 2.28. The van der Waals surface area contributed by atoms with Crippen LogP contribution < -0.4 is 5.32 Å². The van der Waals surface area contributed by atoms with Crippen LogP contribution in [0.5, 0.6) is 0 Å². The molecule has 7 heteroatoms. The fraction of sp³-hybridized carbons (Fsp3) is 0.500. The Kier molecular flexibility index (Phi) is 6.17. The molecular formula is C14H20N2O4S. The van der Waals surface area contributed by atoms with E-state index in [0.717, 1.165) is 0 Å². The van der Waals surface area contributed by atoms with Crippen molar-refractivity contribution < 1.29 is 14.8 Å². The van der Waals surface area contributed by atoms with E-state index in [1.807, 2.05) is 13.8 Å². The first-order valence-electron chi connectivity index (χ1n) is 6.62. The number of nitro groups is 1. The van der Waals surface area contributed by atoms with Crippen molar-refractivity contribution in [1.29, 1.82) is 0 Å². The molecule has 6 nitrogen and oxygen atoms in total. The summed E-state index contributed by atoms with van der Waals surface area (Å²) in [5.41, 5.74) is -0.355. The summed E-state index contributed by atoms with van der Waals surface area (Å²) in [7, 11) is 0. The summed E-state index contributed by atoms with van der Waals surface area (Å²) < 4.78 is 0. The molecule has 0 aliphatic carbocycles. The van der Waals surface area contributed by atoms with Gasteiger partial charge in [0.25, 0.3) is 11.6 Å². The highest BCUT2D eigenvalue weighted by molar-refractivity contribution is 7.98. The van der Waals surface area contributed by atoms with E-state index in [4.69, 9.17) is 5.11 Å². The minimum absolute atomic E-state index is 0.0316. The Morgan fingerprint density at radius 3 is 2.67 bits per heavy atom. The molecule has 0 fully saturated rings. The van der Waals surface area contributed by atoms with Gasteiger partial charge in [-0.05, 0) is 38.2 Å². The molecule has 0 aliphatic heterocycles. The molecule has 2 N–H and O–H groups in total. The molecular weight excluding hydrogens is 292 g/mol. The minimum atomic E-state index is -0.529. The number of nitrogens with zero attached hydrogens (tertiary/aromatic N) is 1. The quantitative estimate of drug-likeness (QED) is 0.458. The summed E-state index contributed by atoms with van der Waals surface area (Å²) in [6, 6.07) is 4.44. The van der Waals surface area contributed by atoms with Crippen molar-refractivity contribution in [3.8, 4) is 0 Å². The number of amides is 1. The zero-order valence-corrected chi connectivity index (χ0v) is 13.2. The van der Waals surface area contributed by atoms with Gasteiger partial charge in [-0.25, -0.2) is 0 Å². The number of carbonyl (C=O) groups excluding carboxylic acids is 1. The largest absolute Gasteiger partial charge is 0.396 e.